The molecule has 0 N–H and O–H groups in total. The van der Waals surface area contributed by atoms with Gasteiger partial charge in [0, 0.05) is 0 Å². The molecule has 0 spiro atoms. The van der Waals surface area contributed by atoms with Gasteiger partial charge in [0.05, 0.1) is 20.5 Å². The topological polar surface area (TPSA) is 43.1 Å². The molecular weight excluding hydrogens is 351 g/mol. The maximum Gasteiger partial charge on any atom is 0.422 e. The highest BCUT2D eigenvalue weighted by Gasteiger charge is 2.40. The Morgan fingerprint density at radius 1 is 1.14 bits per heavy atom. The summed E-state index contributed by atoms with van der Waals surface area (Å²) >= 11 is 10.6. The van der Waals surface area contributed by atoms with Gasteiger partial charge in [-0.1, -0.05) is 23.2 Å². The van der Waals surface area contributed by atoms with Crippen LogP contribution in [0.5, 0.6) is 0 Å². The first kappa shape index (κ1) is 17.6. The second kappa shape index (κ2) is 5.72. The molecule has 0 unspecified atom stereocenters. The monoisotopic (exact) mass is 353 g/mol. The van der Waals surface area contributed by atoms with Crippen molar-refractivity contribution in [2.75, 3.05) is 0 Å². The average Bonchev–Trinajstić information content (AvgIpc) is 2.26. The van der Waals surface area contributed by atoms with Gasteiger partial charge in [-0.2, -0.15) is 26.3 Å². The molecule has 1 rings (SSSR count). The van der Waals surface area contributed by atoms with Gasteiger partial charge in [0.25, 0.3) is 0 Å². The molecule has 1 aromatic rings. The van der Waals surface area contributed by atoms with Gasteiger partial charge in [0.1, 0.15) is 5.57 Å². The van der Waals surface area contributed by atoms with E-state index in [0.717, 1.165) is 0 Å². The summed E-state index contributed by atoms with van der Waals surface area (Å²) in [7, 11) is 0. The Morgan fingerprint density at radius 3 is 2.05 bits per heavy atom. The summed E-state index contributed by atoms with van der Waals surface area (Å²) < 4.78 is 76.1. The summed E-state index contributed by atoms with van der Waals surface area (Å²) in [6.45, 7) is 0. The molecule has 0 atom stereocenters. The Labute approximate surface area is 122 Å². The lowest BCUT2D eigenvalue weighted by Gasteiger charge is -2.15. The van der Waals surface area contributed by atoms with Crippen molar-refractivity contribution in [3.05, 3.63) is 49.6 Å². The third-order valence-electron chi connectivity index (χ3n) is 2.18. The van der Waals surface area contributed by atoms with Gasteiger partial charge < -0.3 is 0 Å². The molecule has 11 heteroatoms. The van der Waals surface area contributed by atoms with Crippen LogP contribution in [0.3, 0.4) is 0 Å². The number of alkyl halides is 6. The number of hydrogen-bond acceptors (Lipinski definition) is 2. The van der Waals surface area contributed by atoms with Gasteiger partial charge in [0.2, 0.25) is 6.20 Å². The molecule has 0 aliphatic rings. The number of rotatable bonds is 2. The summed E-state index contributed by atoms with van der Waals surface area (Å²) in [4.78, 5) is 8.78. The highest BCUT2D eigenvalue weighted by molar-refractivity contribution is 6.42. The van der Waals surface area contributed by atoms with Crippen molar-refractivity contribution in [2.45, 2.75) is 12.4 Å². The Kier molecular flexibility index (Phi) is 4.79. The molecule has 116 valence electrons. The van der Waals surface area contributed by atoms with E-state index >= 15 is 0 Å². The lowest BCUT2D eigenvalue weighted by Crippen LogP contribution is -2.14. The molecule has 21 heavy (non-hydrogen) atoms. The van der Waals surface area contributed by atoms with Crippen LogP contribution in [0.1, 0.15) is 11.1 Å². The highest BCUT2D eigenvalue weighted by Crippen LogP contribution is 2.42. The summed E-state index contributed by atoms with van der Waals surface area (Å²) in [5, 5.41) is 8.42. The fraction of sp³-hybridized carbons (Fsp3) is 0.200. The van der Waals surface area contributed by atoms with Gasteiger partial charge in [-0.15, -0.1) is 0 Å². The van der Waals surface area contributed by atoms with Crippen LogP contribution in [0.15, 0.2) is 18.3 Å². The number of nitrogens with zero attached hydrogens (tertiary/aromatic N) is 1. The second-order valence-electron chi connectivity index (χ2n) is 3.64. The first-order valence-electron chi connectivity index (χ1n) is 4.83. The van der Waals surface area contributed by atoms with E-state index in [9.17, 15) is 36.5 Å². The van der Waals surface area contributed by atoms with Crippen LogP contribution >= 0.6 is 23.2 Å². The molecule has 0 bridgehead atoms. The molecular formula is C10H3Cl2F6NO2. The van der Waals surface area contributed by atoms with E-state index in [2.05, 4.69) is 0 Å². The molecule has 0 aromatic heterocycles. The molecule has 0 heterocycles. The number of nitro groups is 1. The summed E-state index contributed by atoms with van der Waals surface area (Å²) in [6.07, 6.45) is -10.8. The third-order valence-corrected chi connectivity index (χ3v) is 2.99. The van der Waals surface area contributed by atoms with Crippen molar-refractivity contribution < 1.29 is 31.3 Å². The van der Waals surface area contributed by atoms with Crippen molar-refractivity contribution >= 4 is 28.8 Å². The number of allylic oxidation sites excluding steroid dienone is 1. The van der Waals surface area contributed by atoms with Crippen molar-refractivity contribution in [1.29, 1.82) is 0 Å². The van der Waals surface area contributed by atoms with E-state index in [0.29, 0.717) is 6.07 Å². The van der Waals surface area contributed by atoms with Crippen LogP contribution in [0, 0.1) is 10.1 Å². The van der Waals surface area contributed by atoms with Crippen LogP contribution in [-0.4, -0.2) is 11.1 Å². The first-order valence-corrected chi connectivity index (χ1v) is 5.58. The lowest BCUT2D eigenvalue weighted by molar-refractivity contribution is -0.402. The minimum absolute atomic E-state index is 0.0526. The van der Waals surface area contributed by atoms with Gasteiger partial charge in [-0.3, -0.25) is 10.1 Å². The molecule has 3 nitrogen and oxygen atoms in total. The van der Waals surface area contributed by atoms with Crippen LogP contribution in [0.25, 0.3) is 5.57 Å². The fourth-order valence-corrected chi connectivity index (χ4v) is 1.80. The van der Waals surface area contributed by atoms with E-state index in [-0.39, 0.29) is 6.07 Å². The molecule has 0 saturated carbocycles. The molecule has 0 radical (unpaired) electrons. The van der Waals surface area contributed by atoms with Crippen LogP contribution < -0.4 is 0 Å². The smallest absolute Gasteiger partial charge is 0.259 e. The van der Waals surface area contributed by atoms with Crippen molar-refractivity contribution in [1.82, 2.24) is 0 Å². The number of halogens is 8. The minimum atomic E-state index is -5.24. The predicted octanol–water partition coefficient (Wildman–Crippen LogP) is 5.19. The molecule has 0 aliphatic carbocycles. The molecule has 0 amide bonds. The summed E-state index contributed by atoms with van der Waals surface area (Å²) in [6, 6.07) is 0.527. The van der Waals surface area contributed by atoms with Gasteiger partial charge in [0.15, 0.2) is 0 Å². The van der Waals surface area contributed by atoms with E-state index in [1.807, 2.05) is 0 Å². The van der Waals surface area contributed by atoms with Gasteiger partial charge >= 0.3 is 12.4 Å². The van der Waals surface area contributed by atoms with Crippen molar-refractivity contribution in [2.24, 2.45) is 0 Å². The zero-order chi connectivity index (χ0) is 16.6. The lowest BCUT2D eigenvalue weighted by atomic mass is 10.0. The SMILES string of the molecule is O=[N+]([O-])/C=C(\c1cc(Cl)c(Cl)c(C(F)(F)F)c1)C(F)(F)F. The van der Waals surface area contributed by atoms with E-state index in [1.165, 1.54) is 0 Å². The quantitative estimate of drug-likeness (QED) is 0.417. The van der Waals surface area contributed by atoms with E-state index < -0.39 is 50.2 Å². The number of hydrogen-bond donors (Lipinski definition) is 0. The molecule has 1 aromatic carbocycles. The van der Waals surface area contributed by atoms with E-state index in [4.69, 9.17) is 23.2 Å². The van der Waals surface area contributed by atoms with Crippen LogP contribution in [0.4, 0.5) is 26.3 Å². The predicted molar refractivity (Wildman–Crippen MR) is 62.5 cm³/mol. The Morgan fingerprint density at radius 2 is 1.67 bits per heavy atom. The normalized spacial score (nSPS) is 13.4. The van der Waals surface area contributed by atoms with E-state index in [1.54, 1.807) is 0 Å². The zero-order valence-corrected chi connectivity index (χ0v) is 11.0. The first-order chi connectivity index (χ1) is 9.34. The largest absolute Gasteiger partial charge is 0.422 e. The molecule has 0 aliphatic heterocycles. The molecule has 0 saturated heterocycles. The van der Waals surface area contributed by atoms with Gasteiger partial charge in [-0.05, 0) is 17.7 Å². The Hall–Kier alpha value is -1.48. The average molecular weight is 354 g/mol. The molecule has 0 fully saturated rings. The second-order valence-corrected chi connectivity index (χ2v) is 4.43. The summed E-state index contributed by atoms with van der Waals surface area (Å²) in [5.41, 5.74) is -4.61. The summed E-state index contributed by atoms with van der Waals surface area (Å²) in [5.74, 6) is 0. The third kappa shape index (κ3) is 4.24. The maximum absolute atomic E-state index is 12.7. The van der Waals surface area contributed by atoms with Crippen LogP contribution in [-0.2, 0) is 6.18 Å². The van der Waals surface area contributed by atoms with Gasteiger partial charge in [-0.25, -0.2) is 0 Å². The zero-order valence-electron chi connectivity index (χ0n) is 9.52. The fourth-order valence-electron chi connectivity index (χ4n) is 1.37. The standard InChI is InChI=1S/C10H3Cl2F6NO2/c11-7-2-4(1-5(8(7)12)9(13,14)15)6(3-19(20)21)10(16,17)18/h1-3H/b6-3+. The minimum Gasteiger partial charge on any atom is -0.259 e. The Bertz CT molecular complexity index is 609. The van der Waals surface area contributed by atoms with Crippen molar-refractivity contribution in [3.63, 3.8) is 0 Å². The highest BCUT2D eigenvalue weighted by atomic mass is 35.5. The van der Waals surface area contributed by atoms with Crippen molar-refractivity contribution in [3.8, 4) is 0 Å². The maximum atomic E-state index is 12.7. The van der Waals surface area contributed by atoms with Crippen LogP contribution in [0.2, 0.25) is 10.0 Å². The Balaban J connectivity index is 3.63. The number of benzene rings is 1.